The van der Waals surface area contributed by atoms with E-state index in [1.54, 1.807) is 31.4 Å². The minimum Gasteiger partial charge on any atom is -0.496 e. The molecule has 2 rings (SSSR count). The van der Waals surface area contributed by atoms with Crippen molar-refractivity contribution in [3.05, 3.63) is 59.6 Å². The highest BCUT2D eigenvalue weighted by atomic mass is 16.5. The summed E-state index contributed by atoms with van der Waals surface area (Å²) in [6.45, 7) is 1.86. The van der Waals surface area contributed by atoms with E-state index in [0.29, 0.717) is 17.1 Å². The van der Waals surface area contributed by atoms with Gasteiger partial charge >= 0.3 is 0 Å². The van der Waals surface area contributed by atoms with Gasteiger partial charge in [-0.05, 0) is 43.3 Å². The molecule has 0 spiro atoms. The van der Waals surface area contributed by atoms with Gasteiger partial charge in [-0.3, -0.25) is 4.79 Å². The van der Waals surface area contributed by atoms with Crippen LogP contribution in [0.2, 0.25) is 0 Å². The number of hydrogen-bond donors (Lipinski definition) is 0. The predicted octanol–water partition coefficient (Wildman–Crippen LogP) is 3.49. The molecule has 0 atom stereocenters. The second-order valence-corrected chi connectivity index (χ2v) is 3.85. The lowest BCUT2D eigenvalue weighted by Crippen LogP contribution is -1.98. The van der Waals surface area contributed by atoms with Crippen LogP contribution in [0, 0.1) is 6.92 Å². The van der Waals surface area contributed by atoms with Gasteiger partial charge in [0.05, 0.1) is 12.7 Å². The van der Waals surface area contributed by atoms with Crippen LogP contribution in [0.1, 0.15) is 21.9 Å². The molecular formula is C15H14O3. The number of ketones is 1. The molecule has 0 amide bonds. The Morgan fingerprint density at radius 2 is 2.00 bits per heavy atom. The first-order valence-corrected chi connectivity index (χ1v) is 5.62. The summed E-state index contributed by atoms with van der Waals surface area (Å²) >= 11 is 0. The zero-order chi connectivity index (χ0) is 13.0. The molecule has 0 fully saturated rings. The molecule has 1 aromatic carbocycles. The maximum Gasteiger partial charge on any atom is 0.189 e. The molecule has 18 heavy (non-hydrogen) atoms. The van der Waals surface area contributed by atoms with Crippen LogP contribution in [0.5, 0.6) is 5.75 Å². The van der Waals surface area contributed by atoms with Crippen LogP contribution in [-0.2, 0) is 0 Å². The van der Waals surface area contributed by atoms with Gasteiger partial charge in [-0.25, -0.2) is 0 Å². The van der Waals surface area contributed by atoms with Crippen molar-refractivity contribution < 1.29 is 13.9 Å². The molecule has 92 valence electrons. The first-order chi connectivity index (χ1) is 8.70. The molecule has 0 aliphatic heterocycles. The van der Waals surface area contributed by atoms with Crippen LogP contribution < -0.4 is 4.74 Å². The number of aryl methyl sites for hydroxylation is 1. The van der Waals surface area contributed by atoms with Crippen molar-refractivity contribution in [2.75, 3.05) is 7.11 Å². The quantitative estimate of drug-likeness (QED) is 0.608. The fourth-order valence-corrected chi connectivity index (χ4v) is 1.64. The van der Waals surface area contributed by atoms with Crippen LogP contribution in [0.4, 0.5) is 0 Å². The molecule has 0 saturated heterocycles. The van der Waals surface area contributed by atoms with Gasteiger partial charge in [0.15, 0.2) is 5.78 Å². The van der Waals surface area contributed by atoms with Crippen LogP contribution in [-0.4, -0.2) is 12.9 Å². The molecule has 0 bridgehead atoms. The highest BCUT2D eigenvalue weighted by Gasteiger charge is 2.08. The van der Waals surface area contributed by atoms with E-state index in [-0.39, 0.29) is 5.78 Å². The summed E-state index contributed by atoms with van der Waals surface area (Å²) < 4.78 is 10.5. The van der Waals surface area contributed by atoms with E-state index in [4.69, 9.17) is 9.15 Å². The number of hydrogen-bond acceptors (Lipinski definition) is 3. The van der Waals surface area contributed by atoms with E-state index >= 15 is 0 Å². The van der Waals surface area contributed by atoms with E-state index in [2.05, 4.69) is 0 Å². The standard InChI is InChI=1S/C15H14O3/c1-11-7-8-12(18-11)9-10-14(16)13-5-3-4-6-15(13)17-2/h3-10H,1-2H3/b10-9+. The Labute approximate surface area is 106 Å². The summed E-state index contributed by atoms with van der Waals surface area (Å²) in [7, 11) is 1.55. The first kappa shape index (κ1) is 12.2. The molecule has 0 saturated carbocycles. The molecule has 0 unspecified atom stereocenters. The Morgan fingerprint density at radius 1 is 1.22 bits per heavy atom. The Hall–Kier alpha value is -2.29. The van der Waals surface area contributed by atoms with E-state index in [1.807, 2.05) is 25.1 Å². The summed E-state index contributed by atoms with van der Waals surface area (Å²) in [6.07, 6.45) is 3.14. The number of methoxy groups -OCH3 is 1. The molecule has 0 aliphatic carbocycles. The van der Waals surface area contributed by atoms with Gasteiger partial charge in [-0.15, -0.1) is 0 Å². The van der Waals surface area contributed by atoms with Crippen molar-refractivity contribution in [1.82, 2.24) is 0 Å². The van der Waals surface area contributed by atoms with E-state index in [1.165, 1.54) is 6.08 Å². The fraction of sp³-hybridized carbons (Fsp3) is 0.133. The normalized spacial score (nSPS) is 10.8. The average Bonchev–Trinajstić information content (AvgIpc) is 2.81. The van der Waals surface area contributed by atoms with Crippen molar-refractivity contribution in [1.29, 1.82) is 0 Å². The van der Waals surface area contributed by atoms with Crippen LogP contribution in [0.3, 0.4) is 0 Å². The van der Waals surface area contributed by atoms with Gasteiger partial charge < -0.3 is 9.15 Å². The molecule has 0 radical (unpaired) electrons. The number of carbonyl (C=O) groups is 1. The van der Waals surface area contributed by atoms with Gasteiger partial charge in [0, 0.05) is 0 Å². The minimum absolute atomic E-state index is 0.110. The van der Waals surface area contributed by atoms with Crippen molar-refractivity contribution in [3.8, 4) is 5.75 Å². The molecule has 1 aromatic heterocycles. The second kappa shape index (κ2) is 5.36. The summed E-state index contributed by atoms with van der Waals surface area (Å²) in [5.41, 5.74) is 0.541. The number of furan rings is 1. The number of ether oxygens (including phenoxy) is 1. The molecule has 0 N–H and O–H groups in total. The highest BCUT2D eigenvalue weighted by molar-refractivity contribution is 6.08. The Bertz CT molecular complexity index is 579. The molecule has 0 aliphatic rings. The van der Waals surface area contributed by atoms with Gasteiger partial charge in [0.2, 0.25) is 0 Å². The van der Waals surface area contributed by atoms with Crippen molar-refractivity contribution in [2.24, 2.45) is 0 Å². The average molecular weight is 242 g/mol. The Kier molecular flexibility index (Phi) is 3.63. The lowest BCUT2D eigenvalue weighted by molar-refractivity contribution is 0.104. The number of carbonyl (C=O) groups excluding carboxylic acids is 1. The third-order valence-electron chi connectivity index (χ3n) is 2.53. The maximum atomic E-state index is 12.0. The summed E-state index contributed by atoms with van der Waals surface area (Å²) in [5, 5.41) is 0. The van der Waals surface area contributed by atoms with E-state index < -0.39 is 0 Å². The third-order valence-corrected chi connectivity index (χ3v) is 2.53. The molecule has 1 heterocycles. The Balaban J connectivity index is 2.19. The lowest BCUT2D eigenvalue weighted by Gasteiger charge is -2.03. The zero-order valence-electron chi connectivity index (χ0n) is 10.3. The fourth-order valence-electron chi connectivity index (χ4n) is 1.64. The van der Waals surface area contributed by atoms with E-state index in [0.717, 1.165) is 5.76 Å². The number of rotatable bonds is 4. The van der Waals surface area contributed by atoms with Crippen molar-refractivity contribution in [3.63, 3.8) is 0 Å². The molecule has 2 aromatic rings. The van der Waals surface area contributed by atoms with Crippen LogP contribution in [0.15, 0.2) is 46.9 Å². The summed E-state index contributed by atoms with van der Waals surface area (Å²) in [4.78, 5) is 12.0. The zero-order valence-corrected chi connectivity index (χ0v) is 10.3. The van der Waals surface area contributed by atoms with Crippen LogP contribution in [0.25, 0.3) is 6.08 Å². The van der Waals surface area contributed by atoms with Gasteiger partial charge in [-0.2, -0.15) is 0 Å². The monoisotopic (exact) mass is 242 g/mol. The largest absolute Gasteiger partial charge is 0.496 e. The highest BCUT2D eigenvalue weighted by Crippen LogP contribution is 2.18. The predicted molar refractivity (Wildman–Crippen MR) is 69.8 cm³/mol. The SMILES string of the molecule is COc1ccccc1C(=O)/C=C/c1ccc(C)o1. The van der Waals surface area contributed by atoms with Crippen molar-refractivity contribution in [2.45, 2.75) is 6.92 Å². The summed E-state index contributed by atoms with van der Waals surface area (Å²) in [6, 6.07) is 10.8. The molecule has 3 heteroatoms. The number of para-hydroxylation sites is 1. The summed E-state index contributed by atoms with van der Waals surface area (Å²) in [5.74, 6) is 1.94. The Morgan fingerprint density at radius 3 is 2.67 bits per heavy atom. The van der Waals surface area contributed by atoms with Gasteiger partial charge in [-0.1, -0.05) is 12.1 Å². The van der Waals surface area contributed by atoms with Crippen molar-refractivity contribution >= 4 is 11.9 Å². The molecule has 3 nitrogen and oxygen atoms in total. The minimum atomic E-state index is -0.110. The maximum absolute atomic E-state index is 12.0. The third kappa shape index (κ3) is 2.69. The molecular weight excluding hydrogens is 228 g/mol. The van der Waals surface area contributed by atoms with Gasteiger partial charge in [0.1, 0.15) is 17.3 Å². The number of benzene rings is 1. The number of allylic oxidation sites excluding steroid dienone is 1. The van der Waals surface area contributed by atoms with Crippen LogP contribution >= 0.6 is 0 Å². The second-order valence-electron chi connectivity index (χ2n) is 3.85. The topological polar surface area (TPSA) is 39.4 Å². The smallest absolute Gasteiger partial charge is 0.189 e. The van der Waals surface area contributed by atoms with Gasteiger partial charge in [0.25, 0.3) is 0 Å². The lowest BCUT2D eigenvalue weighted by atomic mass is 10.1. The first-order valence-electron chi connectivity index (χ1n) is 5.62. The van der Waals surface area contributed by atoms with E-state index in [9.17, 15) is 4.79 Å².